The largest absolute Gasteiger partial charge is 0.350 e. The third kappa shape index (κ3) is 7.44. The van der Waals surface area contributed by atoms with Gasteiger partial charge in [0.15, 0.2) is 0 Å². The van der Waals surface area contributed by atoms with Crippen LogP contribution in [-0.2, 0) is 9.59 Å². The first kappa shape index (κ1) is 22.1. The van der Waals surface area contributed by atoms with Gasteiger partial charge in [0, 0.05) is 30.9 Å². The van der Waals surface area contributed by atoms with Gasteiger partial charge in [0.05, 0.1) is 13.1 Å². The van der Waals surface area contributed by atoms with Crippen LogP contribution in [0.15, 0.2) is 43.0 Å². The number of rotatable bonds is 7. The molecular weight excluding hydrogens is 352 g/mol. The second-order valence-electron chi connectivity index (χ2n) is 8.33. The third-order valence-electron chi connectivity index (χ3n) is 4.60. The van der Waals surface area contributed by atoms with Gasteiger partial charge in [-0.3, -0.25) is 19.4 Å². The van der Waals surface area contributed by atoms with Gasteiger partial charge >= 0.3 is 0 Å². The molecule has 1 fully saturated rings. The molecule has 6 nitrogen and oxygen atoms in total. The maximum absolute atomic E-state index is 12.9. The Labute approximate surface area is 169 Å². The molecule has 0 radical (unpaired) electrons. The predicted molar refractivity (Wildman–Crippen MR) is 114 cm³/mol. The Kier molecular flexibility index (Phi) is 8.20. The van der Waals surface area contributed by atoms with Crippen molar-refractivity contribution in [1.29, 1.82) is 0 Å². The molecule has 0 atom stereocenters. The minimum atomic E-state index is -0.215. The van der Waals surface area contributed by atoms with Gasteiger partial charge in [-0.05, 0) is 52.4 Å². The molecule has 2 amide bonds. The minimum absolute atomic E-state index is 0.0539. The van der Waals surface area contributed by atoms with Gasteiger partial charge in [-0.25, -0.2) is 0 Å². The highest BCUT2D eigenvalue weighted by molar-refractivity contribution is 5.95. The summed E-state index contributed by atoms with van der Waals surface area (Å²) in [4.78, 5) is 31.2. The fourth-order valence-electron chi connectivity index (χ4n) is 3.37. The second-order valence-corrected chi connectivity index (χ2v) is 8.33. The van der Waals surface area contributed by atoms with Crippen LogP contribution in [0, 0.1) is 0 Å². The number of anilines is 1. The lowest BCUT2D eigenvalue weighted by Gasteiger charge is -2.26. The quantitative estimate of drug-likeness (QED) is 0.730. The Hall–Kier alpha value is -2.18. The standard InChI is InChI=1S/C22H34N4O2/c1-5-12-26(19-10-7-6-8-11-19)21(28)18-25-14-9-13-24(15-16-25)17-20(27)23-22(2,3)4/h5-8,10-11H,1,9,12-18H2,2-4H3,(H,23,27). The fraction of sp³-hybridized carbons (Fsp3) is 0.545. The van der Waals surface area contributed by atoms with Gasteiger partial charge < -0.3 is 10.2 Å². The summed E-state index contributed by atoms with van der Waals surface area (Å²) in [6.07, 6.45) is 2.70. The lowest BCUT2D eigenvalue weighted by molar-refractivity contribution is -0.124. The minimum Gasteiger partial charge on any atom is -0.350 e. The Morgan fingerprint density at radius 3 is 2.25 bits per heavy atom. The third-order valence-corrected chi connectivity index (χ3v) is 4.60. The smallest absolute Gasteiger partial charge is 0.241 e. The summed E-state index contributed by atoms with van der Waals surface area (Å²) in [7, 11) is 0. The average molecular weight is 387 g/mol. The van der Waals surface area contributed by atoms with Gasteiger partial charge in [-0.15, -0.1) is 6.58 Å². The van der Waals surface area contributed by atoms with E-state index in [1.165, 1.54) is 0 Å². The average Bonchev–Trinajstić information content (AvgIpc) is 2.84. The first-order chi connectivity index (χ1) is 13.3. The fourth-order valence-corrected chi connectivity index (χ4v) is 3.37. The number of hydrogen-bond acceptors (Lipinski definition) is 4. The number of para-hydroxylation sites is 1. The zero-order valence-corrected chi connectivity index (χ0v) is 17.5. The number of nitrogens with one attached hydrogen (secondary N) is 1. The molecule has 2 rings (SSSR count). The zero-order valence-electron chi connectivity index (χ0n) is 17.5. The van der Waals surface area contributed by atoms with E-state index in [1.807, 2.05) is 51.1 Å². The van der Waals surface area contributed by atoms with E-state index in [1.54, 1.807) is 11.0 Å². The van der Waals surface area contributed by atoms with E-state index >= 15 is 0 Å². The van der Waals surface area contributed by atoms with Gasteiger partial charge in [0.1, 0.15) is 0 Å². The molecule has 1 aliphatic rings. The van der Waals surface area contributed by atoms with Crippen molar-refractivity contribution in [1.82, 2.24) is 15.1 Å². The highest BCUT2D eigenvalue weighted by Gasteiger charge is 2.22. The van der Waals surface area contributed by atoms with E-state index < -0.39 is 0 Å². The molecule has 1 saturated heterocycles. The van der Waals surface area contributed by atoms with Crippen LogP contribution in [0.2, 0.25) is 0 Å². The van der Waals surface area contributed by atoms with Crippen molar-refractivity contribution in [3.8, 4) is 0 Å². The molecular formula is C22H34N4O2. The SMILES string of the molecule is C=CCN(C(=O)CN1CCCN(CC(=O)NC(C)(C)C)CC1)c1ccccc1. The van der Waals surface area contributed by atoms with Crippen LogP contribution in [-0.4, -0.2) is 73.0 Å². The number of carbonyl (C=O) groups excluding carboxylic acids is 2. The van der Waals surface area contributed by atoms with Crippen LogP contribution >= 0.6 is 0 Å². The van der Waals surface area contributed by atoms with Crippen molar-refractivity contribution in [2.24, 2.45) is 0 Å². The number of benzene rings is 1. The number of carbonyl (C=O) groups is 2. The summed E-state index contributed by atoms with van der Waals surface area (Å²) in [5.74, 6) is 0.128. The van der Waals surface area contributed by atoms with Crippen molar-refractivity contribution < 1.29 is 9.59 Å². The summed E-state index contributed by atoms with van der Waals surface area (Å²) < 4.78 is 0. The normalized spacial score (nSPS) is 16.2. The van der Waals surface area contributed by atoms with E-state index in [4.69, 9.17) is 0 Å². The van der Waals surface area contributed by atoms with E-state index in [2.05, 4.69) is 21.7 Å². The number of hydrogen-bond donors (Lipinski definition) is 1. The van der Waals surface area contributed by atoms with Gasteiger partial charge in [0.2, 0.25) is 11.8 Å². The molecule has 1 aromatic rings. The molecule has 154 valence electrons. The topological polar surface area (TPSA) is 55.9 Å². The Balaban J connectivity index is 1.88. The van der Waals surface area contributed by atoms with Crippen molar-refractivity contribution in [3.05, 3.63) is 43.0 Å². The molecule has 0 bridgehead atoms. The van der Waals surface area contributed by atoms with Crippen molar-refractivity contribution in [3.63, 3.8) is 0 Å². The predicted octanol–water partition coefficient (Wildman–Crippen LogP) is 2.13. The van der Waals surface area contributed by atoms with Crippen LogP contribution in [0.25, 0.3) is 0 Å². The Morgan fingerprint density at radius 1 is 1.07 bits per heavy atom. The van der Waals surface area contributed by atoms with Gasteiger partial charge in [-0.2, -0.15) is 0 Å². The summed E-state index contributed by atoms with van der Waals surface area (Å²) in [5.41, 5.74) is 0.677. The molecule has 1 aromatic carbocycles. The lowest BCUT2D eigenvalue weighted by atomic mass is 10.1. The first-order valence-corrected chi connectivity index (χ1v) is 10.0. The summed E-state index contributed by atoms with van der Waals surface area (Å²) in [6, 6.07) is 9.70. The molecule has 0 spiro atoms. The van der Waals surface area contributed by atoms with E-state index in [-0.39, 0.29) is 17.4 Å². The summed E-state index contributed by atoms with van der Waals surface area (Å²) in [6.45, 7) is 14.3. The molecule has 1 heterocycles. The first-order valence-electron chi connectivity index (χ1n) is 10.0. The maximum atomic E-state index is 12.9. The highest BCUT2D eigenvalue weighted by Crippen LogP contribution is 2.14. The van der Waals surface area contributed by atoms with Crippen LogP contribution in [0.3, 0.4) is 0 Å². The monoisotopic (exact) mass is 386 g/mol. The van der Waals surface area contributed by atoms with Crippen molar-refractivity contribution >= 4 is 17.5 Å². The highest BCUT2D eigenvalue weighted by atomic mass is 16.2. The van der Waals surface area contributed by atoms with Crippen LogP contribution in [0.4, 0.5) is 5.69 Å². The summed E-state index contributed by atoms with van der Waals surface area (Å²) >= 11 is 0. The van der Waals surface area contributed by atoms with Gasteiger partial charge in [0.25, 0.3) is 0 Å². The number of amides is 2. The zero-order chi connectivity index (χ0) is 20.6. The molecule has 1 N–H and O–H groups in total. The second kappa shape index (κ2) is 10.4. The van der Waals surface area contributed by atoms with Crippen molar-refractivity contribution in [2.75, 3.05) is 50.7 Å². The van der Waals surface area contributed by atoms with Crippen LogP contribution < -0.4 is 10.2 Å². The molecule has 0 aromatic heterocycles. The van der Waals surface area contributed by atoms with Crippen molar-refractivity contribution in [2.45, 2.75) is 32.7 Å². The molecule has 0 saturated carbocycles. The van der Waals surface area contributed by atoms with Gasteiger partial charge in [-0.1, -0.05) is 24.3 Å². The van der Waals surface area contributed by atoms with E-state index in [9.17, 15) is 9.59 Å². The van der Waals surface area contributed by atoms with E-state index in [0.717, 1.165) is 38.3 Å². The molecule has 28 heavy (non-hydrogen) atoms. The number of nitrogens with zero attached hydrogens (tertiary/aromatic N) is 3. The van der Waals surface area contributed by atoms with E-state index in [0.29, 0.717) is 19.6 Å². The Bertz CT molecular complexity index is 654. The Morgan fingerprint density at radius 2 is 1.68 bits per heavy atom. The molecule has 0 unspecified atom stereocenters. The summed E-state index contributed by atoms with van der Waals surface area (Å²) in [5, 5.41) is 3.01. The van der Waals surface area contributed by atoms with Crippen LogP contribution in [0.5, 0.6) is 0 Å². The molecule has 6 heteroatoms. The molecule has 0 aliphatic carbocycles. The molecule has 1 aliphatic heterocycles. The maximum Gasteiger partial charge on any atom is 0.241 e. The van der Waals surface area contributed by atoms with Crippen LogP contribution in [0.1, 0.15) is 27.2 Å². The lowest BCUT2D eigenvalue weighted by Crippen LogP contribution is -2.46.